The number of nitrogens with one attached hydrogen (secondary N) is 1. The van der Waals surface area contributed by atoms with Crippen molar-refractivity contribution >= 4 is 23.2 Å². The summed E-state index contributed by atoms with van der Waals surface area (Å²) in [6, 6.07) is 3.80. The van der Waals surface area contributed by atoms with Gasteiger partial charge in [-0.2, -0.15) is 14.7 Å². The van der Waals surface area contributed by atoms with Crippen molar-refractivity contribution in [2.75, 3.05) is 5.73 Å². The third kappa shape index (κ3) is 3.65. The van der Waals surface area contributed by atoms with E-state index in [1.807, 2.05) is 17.0 Å². The van der Waals surface area contributed by atoms with Crippen molar-refractivity contribution in [1.29, 1.82) is 0 Å². The average Bonchev–Trinajstić information content (AvgIpc) is 3.65. The fourth-order valence-corrected chi connectivity index (χ4v) is 6.65. The monoisotopic (exact) mass is 527 g/mol. The summed E-state index contributed by atoms with van der Waals surface area (Å²) in [5, 5.41) is 21.6. The molecule has 4 aromatic heterocycles. The Labute approximate surface area is 223 Å². The third-order valence-corrected chi connectivity index (χ3v) is 8.77. The number of nitrogens with zero attached hydrogens (tertiary/aromatic N) is 7. The van der Waals surface area contributed by atoms with Crippen molar-refractivity contribution in [2.24, 2.45) is 0 Å². The van der Waals surface area contributed by atoms with Crippen LogP contribution in [-0.4, -0.2) is 68.5 Å². The lowest BCUT2D eigenvalue weighted by molar-refractivity contribution is -0.0426. The number of fused-ring (bicyclic) bond motifs is 3. The highest BCUT2D eigenvalue weighted by Crippen LogP contribution is 2.45. The Morgan fingerprint density at radius 3 is 2.49 bits per heavy atom. The van der Waals surface area contributed by atoms with E-state index in [0.29, 0.717) is 35.4 Å². The van der Waals surface area contributed by atoms with Crippen molar-refractivity contribution in [3.05, 3.63) is 53.6 Å². The van der Waals surface area contributed by atoms with Crippen molar-refractivity contribution in [3.8, 4) is 11.1 Å². The molecule has 4 N–H and O–H groups in total. The van der Waals surface area contributed by atoms with Gasteiger partial charge in [-0.25, -0.2) is 9.97 Å². The van der Waals surface area contributed by atoms with Crippen LogP contribution in [0.1, 0.15) is 90.2 Å². The summed E-state index contributed by atoms with van der Waals surface area (Å²) in [7, 11) is 0. The summed E-state index contributed by atoms with van der Waals surface area (Å²) in [6.45, 7) is 1.50. The highest BCUT2D eigenvalue weighted by atomic mass is 16.3. The van der Waals surface area contributed by atoms with Gasteiger partial charge < -0.3 is 15.7 Å². The minimum absolute atomic E-state index is 0.0174. The van der Waals surface area contributed by atoms with Gasteiger partial charge in [-0.3, -0.25) is 19.7 Å². The highest BCUT2D eigenvalue weighted by Gasteiger charge is 2.46. The van der Waals surface area contributed by atoms with E-state index in [-0.39, 0.29) is 41.3 Å². The van der Waals surface area contributed by atoms with E-state index in [2.05, 4.69) is 25.3 Å². The van der Waals surface area contributed by atoms with E-state index >= 15 is 0 Å². The molecule has 3 fully saturated rings. The van der Waals surface area contributed by atoms with Crippen LogP contribution >= 0.6 is 0 Å². The van der Waals surface area contributed by atoms with Gasteiger partial charge in [0.25, 0.3) is 5.91 Å². The summed E-state index contributed by atoms with van der Waals surface area (Å²) in [4.78, 5) is 41.5. The molecule has 2 bridgehead atoms. The molecule has 1 aliphatic carbocycles. The second-order valence-electron chi connectivity index (χ2n) is 11.0. The Morgan fingerprint density at radius 1 is 1.13 bits per heavy atom. The first-order valence-electron chi connectivity index (χ1n) is 13.4. The standard InChI is InChI=1S/C27H29N9O3/c1-14(37)21-22(16-9-17-4-5-18(10-16)35(17)26(38)24-30-13-31-34-24)33-25-19(12-32-36(25)23(21)28)15-3-6-20(29-11-15)27(39)7-2-8-27/h3,6,11-13,16-18,39H,2,4-5,7-10,28H2,1H3,(H,30,31,34). The molecule has 200 valence electrons. The maximum Gasteiger partial charge on any atom is 0.291 e. The van der Waals surface area contributed by atoms with Crippen LogP contribution in [0.3, 0.4) is 0 Å². The van der Waals surface area contributed by atoms with E-state index < -0.39 is 5.60 Å². The number of amides is 1. The van der Waals surface area contributed by atoms with Gasteiger partial charge in [0.2, 0.25) is 5.82 Å². The van der Waals surface area contributed by atoms with Crippen LogP contribution in [0.15, 0.2) is 30.9 Å². The second kappa shape index (κ2) is 8.67. The number of ketones is 1. The maximum atomic E-state index is 13.1. The van der Waals surface area contributed by atoms with Gasteiger partial charge in [0, 0.05) is 35.3 Å². The van der Waals surface area contributed by atoms with E-state index in [1.54, 1.807) is 12.4 Å². The number of hydrogen-bond acceptors (Lipinski definition) is 9. The maximum absolute atomic E-state index is 13.1. The molecule has 0 spiro atoms. The largest absolute Gasteiger partial charge is 0.384 e. The molecule has 12 heteroatoms. The zero-order valence-electron chi connectivity index (χ0n) is 21.5. The number of Topliss-reactive ketones (excluding diaryl/α,β-unsaturated/α-hetero) is 1. The first kappa shape index (κ1) is 23.9. The molecule has 6 heterocycles. The van der Waals surface area contributed by atoms with E-state index in [1.165, 1.54) is 17.8 Å². The van der Waals surface area contributed by atoms with Crippen molar-refractivity contribution in [2.45, 2.75) is 75.5 Å². The van der Waals surface area contributed by atoms with Crippen LogP contribution in [0.5, 0.6) is 0 Å². The smallest absolute Gasteiger partial charge is 0.291 e. The highest BCUT2D eigenvalue weighted by molar-refractivity contribution is 6.00. The van der Waals surface area contributed by atoms with Crippen molar-refractivity contribution in [3.63, 3.8) is 0 Å². The van der Waals surface area contributed by atoms with Gasteiger partial charge in [-0.05, 0) is 57.9 Å². The first-order chi connectivity index (χ1) is 18.8. The van der Waals surface area contributed by atoms with Crippen LogP contribution in [0.25, 0.3) is 16.8 Å². The number of carbonyl (C=O) groups is 2. The summed E-state index contributed by atoms with van der Waals surface area (Å²) in [5.74, 6) is 0.153. The lowest BCUT2D eigenvalue weighted by atomic mass is 9.77. The number of nitrogens with two attached hydrogens (primary N) is 1. The number of aromatic amines is 1. The Morgan fingerprint density at radius 2 is 1.90 bits per heavy atom. The van der Waals surface area contributed by atoms with E-state index in [4.69, 9.17) is 10.7 Å². The lowest BCUT2D eigenvalue weighted by Gasteiger charge is -2.38. The number of rotatable bonds is 5. The fourth-order valence-electron chi connectivity index (χ4n) is 6.65. The molecule has 2 atom stereocenters. The number of piperidine rings is 1. The Kier molecular flexibility index (Phi) is 5.31. The molecule has 2 aliphatic heterocycles. The lowest BCUT2D eigenvalue weighted by Crippen LogP contribution is -2.46. The second-order valence-corrected chi connectivity index (χ2v) is 11.0. The molecule has 1 amide bonds. The average molecular weight is 528 g/mol. The molecule has 3 aliphatic rings. The molecular weight excluding hydrogens is 498 g/mol. The molecule has 0 radical (unpaired) electrons. The summed E-state index contributed by atoms with van der Waals surface area (Å²) in [6.07, 6.45) is 10.3. The van der Waals surface area contributed by atoms with Crippen molar-refractivity contribution in [1.82, 2.24) is 39.7 Å². The number of hydrogen-bond donors (Lipinski definition) is 3. The molecule has 4 aromatic rings. The number of nitrogen functional groups attached to an aromatic ring is 1. The van der Waals surface area contributed by atoms with Gasteiger partial charge in [-0.1, -0.05) is 6.07 Å². The normalized spacial score (nSPS) is 23.6. The Hall–Kier alpha value is -4.19. The zero-order chi connectivity index (χ0) is 26.9. The Bertz CT molecular complexity index is 1580. The number of aromatic nitrogens is 7. The van der Waals surface area contributed by atoms with Gasteiger partial charge in [0.05, 0.1) is 23.1 Å². The minimum Gasteiger partial charge on any atom is -0.384 e. The minimum atomic E-state index is -0.838. The van der Waals surface area contributed by atoms with Crippen LogP contribution in [0.2, 0.25) is 0 Å². The van der Waals surface area contributed by atoms with Gasteiger partial charge in [0.15, 0.2) is 11.4 Å². The van der Waals surface area contributed by atoms with E-state index in [0.717, 1.165) is 43.2 Å². The first-order valence-corrected chi connectivity index (χ1v) is 13.4. The number of anilines is 1. The third-order valence-electron chi connectivity index (χ3n) is 8.77. The number of H-pyrrole nitrogens is 1. The van der Waals surface area contributed by atoms with Gasteiger partial charge in [0.1, 0.15) is 17.7 Å². The summed E-state index contributed by atoms with van der Waals surface area (Å²) in [5.41, 5.74) is 9.54. The summed E-state index contributed by atoms with van der Waals surface area (Å²) < 4.78 is 1.51. The fraction of sp³-hybridized carbons (Fsp3) is 0.444. The number of aliphatic hydroxyl groups is 1. The zero-order valence-corrected chi connectivity index (χ0v) is 21.5. The molecular formula is C27H29N9O3. The van der Waals surface area contributed by atoms with Crippen LogP contribution in [0, 0.1) is 0 Å². The van der Waals surface area contributed by atoms with Crippen LogP contribution < -0.4 is 5.73 Å². The Balaban J connectivity index is 1.26. The van der Waals surface area contributed by atoms with Crippen LogP contribution in [0.4, 0.5) is 5.82 Å². The molecule has 7 rings (SSSR count). The number of carbonyl (C=O) groups excluding carboxylic acids is 2. The van der Waals surface area contributed by atoms with Gasteiger partial charge in [-0.15, -0.1) is 0 Å². The molecule has 2 saturated heterocycles. The topological polar surface area (TPSA) is 168 Å². The molecule has 1 saturated carbocycles. The van der Waals surface area contributed by atoms with E-state index in [9.17, 15) is 14.7 Å². The van der Waals surface area contributed by atoms with Gasteiger partial charge >= 0.3 is 0 Å². The van der Waals surface area contributed by atoms with Crippen molar-refractivity contribution < 1.29 is 14.7 Å². The molecule has 39 heavy (non-hydrogen) atoms. The predicted octanol–water partition coefficient (Wildman–Crippen LogP) is 2.62. The summed E-state index contributed by atoms with van der Waals surface area (Å²) >= 11 is 0. The predicted molar refractivity (Wildman–Crippen MR) is 140 cm³/mol. The van der Waals surface area contributed by atoms with Crippen LogP contribution in [-0.2, 0) is 5.60 Å². The SMILES string of the molecule is CC(=O)c1c(C2CC3CCC(C2)N3C(=O)c2ncn[nH]2)nc2c(-c3ccc(C4(O)CCC4)nc3)cnn2c1N. The molecule has 2 unspecified atom stereocenters. The number of pyridine rings is 1. The quantitative estimate of drug-likeness (QED) is 0.330. The molecule has 0 aromatic carbocycles. The molecule has 12 nitrogen and oxygen atoms in total.